The number of hydrogen-bond acceptors (Lipinski definition) is 4. The molecule has 3 N–H and O–H groups in total. The van der Waals surface area contributed by atoms with Gasteiger partial charge in [0.25, 0.3) is 0 Å². The first kappa shape index (κ1) is 26.0. The monoisotopic (exact) mass is 514 g/mol. The van der Waals surface area contributed by atoms with Crippen molar-refractivity contribution in [3.63, 3.8) is 0 Å². The number of urea groups is 1. The molecule has 188 valence electrons. The van der Waals surface area contributed by atoms with E-state index in [1.54, 1.807) is 0 Å². The smallest absolute Gasteiger partial charge is 0.322 e. The topological polar surface area (TPSA) is 111 Å². The van der Waals surface area contributed by atoms with E-state index >= 15 is 0 Å². The third-order valence-corrected chi connectivity index (χ3v) is 6.98. The lowest BCUT2D eigenvalue weighted by molar-refractivity contribution is -0.145. The minimum atomic E-state index is -1.000. The molecule has 1 aliphatic heterocycles. The Morgan fingerprint density at radius 2 is 1.84 bits per heavy atom. The lowest BCUT2D eigenvalue weighted by atomic mass is 9.95. The molecule has 1 heterocycles. The zero-order chi connectivity index (χ0) is 26.5. The Morgan fingerprint density at radius 1 is 1.11 bits per heavy atom. The molecule has 1 saturated heterocycles. The van der Waals surface area contributed by atoms with Crippen molar-refractivity contribution in [3.05, 3.63) is 93.5 Å². The molecule has 8 heteroatoms. The van der Waals surface area contributed by atoms with Crippen molar-refractivity contribution in [3.8, 4) is 17.2 Å². The molecule has 4 rings (SSSR count). The summed E-state index contributed by atoms with van der Waals surface area (Å²) in [5, 5.41) is 20.1. The van der Waals surface area contributed by atoms with Crippen molar-refractivity contribution in [1.29, 1.82) is 5.26 Å². The highest BCUT2D eigenvalue weighted by Gasteiger charge is 2.33. The van der Waals surface area contributed by atoms with E-state index in [1.807, 2.05) is 84.6 Å². The van der Waals surface area contributed by atoms with Crippen LogP contribution in [0.5, 0.6) is 0 Å². The van der Waals surface area contributed by atoms with Crippen LogP contribution in [0.1, 0.15) is 27.8 Å². The number of carboxylic acid groups (broad SMARTS) is 1. The summed E-state index contributed by atoms with van der Waals surface area (Å²) < 4.78 is 0. The number of carbonyl (C=O) groups is 2. The SMILES string of the molecule is Cc1cc(C=Cc2cccc(-c3ccccc3)c2C#N)c(Cl)cc1CN1CCN(C(N)=O)CC1C(=O)O. The Kier molecular flexibility index (Phi) is 7.92. The van der Waals surface area contributed by atoms with Gasteiger partial charge >= 0.3 is 12.0 Å². The summed E-state index contributed by atoms with van der Waals surface area (Å²) >= 11 is 6.63. The van der Waals surface area contributed by atoms with Crippen molar-refractivity contribution >= 4 is 35.8 Å². The molecule has 0 bridgehead atoms. The average molecular weight is 515 g/mol. The van der Waals surface area contributed by atoms with E-state index in [-0.39, 0.29) is 6.54 Å². The number of carbonyl (C=O) groups excluding carboxylic acids is 1. The van der Waals surface area contributed by atoms with E-state index in [0.717, 1.165) is 33.4 Å². The van der Waals surface area contributed by atoms with Gasteiger partial charge in [0.05, 0.1) is 5.56 Å². The van der Waals surface area contributed by atoms with Crippen molar-refractivity contribution in [2.45, 2.75) is 19.5 Å². The molecular weight excluding hydrogens is 488 g/mol. The predicted molar refractivity (Wildman–Crippen MR) is 145 cm³/mol. The van der Waals surface area contributed by atoms with Gasteiger partial charge < -0.3 is 15.7 Å². The fourth-order valence-corrected chi connectivity index (χ4v) is 4.83. The van der Waals surface area contributed by atoms with Crippen molar-refractivity contribution in [1.82, 2.24) is 9.80 Å². The maximum Gasteiger partial charge on any atom is 0.322 e. The Bertz CT molecular complexity index is 1400. The van der Waals surface area contributed by atoms with Gasteiger partial charge in [-0.05, 0) is 40.8 Å². The highest BCUT2D eigenvalue weighted by Crippen LogP contribution is 2.29. The number of nitrogens with two attached hydrogens (primary N) is 1. The number of nitriles is 1. The largest absolute Gasteiger partial charge is 0.480 e. The molecule has 0 radical (unpaired) electrons. The summed E-state index contributed by atoms with van der Waals surface area (Å²) in [5.74, 6) is -1.000. The first-order chi connectivity index (χ1) is 17.8. The number of piperazine rings is 1. The van der Waals surface area contributed by atoms with Crippen LogP contribution in [0.15, 0.2) is 60.7 Å². The highest BCUT2D eigenvalue weighted by molar-refractivity contribution is 6.32. The molecule has 0 aromatic heterocycles. The van der Waals surface area contributed by atoms with Gasteiger partial charge in [-0.15, -0.1) is 0 Å². The molecule has 2 amide bonds. The minimum absolute atomic E-state index is 0.0432. The van der Waals surface area contributed by atoms with Crippen molar-refractivity contribution in [2.24, 2.45) is 5.73 Å². The van der Waals surface area contributed by atoms with Gasteiger partial charge in [0.2, 0.25) is 0 Å². The standard InChI is InChI=1S/C29H27ClN4O3/c1-19-14-22(11-10-21-8-5-9-24(25(21)16-31)20-6-3-2-4-7-20)26(30)15-23(19)17-33-12-13-34(29(32)37)18-27(33)28(35)36/h2-11,14-15,27H,12-13,17-18H2,1H3,(H2,32,37)(H,35,36). The van der Waals surface area contributed by atoms with Crippen LogP contribution in [0.2, 0.25) is 5.02 Å². The molecule has 1 unspecified atom stereocenters. The summed E-state index contributed by atoms with van der Waals surface area (Å²) in [6, 6.07) is 20.2. The quantitative estimate of drug-likeness (QED) is 0.449. The van der Waals surface area contributed by atoms with Crippen LogP contribution in [-0.4, -0.2) is 52.6 Å². The Morgan fingerprint density at radius 3 is 2.51 bits per heavy atom. The molecular formula is C29H27ClN4O3. The number of nitrogens with zero attached hydrogens (tertiary/aromatic N) is 3. The van der Waals surface area contributed by atoms with Crippen LogP contribution in [0.4, 0.5) is 4.79 Å². The zero-order valence-corrected chi connectivity index (χ0v) is 21.2. The van der Waals surface area contributed by atoms with Crippen LogP contribution in [0, 0.1) is 18.3 Å². The maximum absolute atomic E-state index is 11.8. The highest BCUT2D eigenvalue weighted by atomic mass is 35.5. The van der Waals surface area contributed by atoms with E-state index in [9.17, 15) is 20.0 Å². The van der Waals surface area contributed by atoms with Gasteiger partial charge in [-0.25, -0.2) is 4.79 Å². The van der Waals surface area contributed by atoms with Crippen LogP contribution in [-0.2, 0) is 11.3 Å². The van der Waals surface area contributed by atoms with Crippen molar-refractivity contribution < 1.29 is 14.7 Å². The summed E-state index contributed by atoms with van der Waals surface area (Å²) in [4.78, 5) is 26.5. The molecule has 1 atom stereocenters. The lowest BCUT2D eigenvalue weighted by Gasteiger charge is -2.38. The predicted octanol–water partition coefficient (Wildman–Crippen LogP) is 5.01. The fraction of sp³-hybridized carbons (Fsp3) is 0.207. The molecule has 1 fully saturated rings. The summed E-state index contributed by atoms with van der Waals surface area (Å²) in [6.45, 7) is 3.15. The van der Waals surface area contributed by atoms with Crippen LogP contribution < -0.4 is 5.73 Å². The van der Waals surface area contributed by atoms with Crippen LogP contribution >= 0.6 is 11.6 Å². The van der Waals surface area contributed by atoms with Gasteiger partial charge in [-0.3, -0.25) is 9.69 Å². The van der Waals surface area contributed by atoms with Gasteiger partial charge in [0.1, 0.15) is 12.1 Å². The zero-order valence-electron chi connectivity index (χ0n) is 20.4. The number of hydrogen-bond donors (Lipinski definition) is 2. The first-order valence-corrected chi connectivity index (χ1v) is 12.2. The Labute approximate surface area is 221 Å². The molecule has 3 aromatic rings. The number of aryl methyl sites for hydroxylation is 1. The van der Waals surface area contributed by atoms with Crippen LogP contribution in [0.3, 0.4) is 0 Å². The molecule has 0 spiro atoms. The summed E-state index contributed by atoms with van der Waals surface area (Å²) in [5.41, 5.74) is 11.2. The van der Waals surface area contributed by atoms with Crippen molar-refractivity contribution in [2.75, 3.05) is 19.6 Å². The second kappa shape index (κ2) is 11.3. The number of carboxylic acids is 1. The number of benzene rings is 3. The second-order valence-corrected chi connectivity index (χ2v) is 9.40. The number of halogens is 1. The van der Waals surface area contributed by atoms with Gasteiger partial charge in [0, 0.05) is 36.8 Å². The van der Waals surface area contributed by atoms with Gasteiger partial charge in [0.15, 0.2) is 0 Å². The number of primary amides is 1. The summed E-state index contributed by atoms with van der Waals surface area (Å²) in [7, 11) is 0. The maximum atomic E-state index is 11.8. The molecule has 0 aliphatic carbocycles. The molecule has 3 aromatic carbocycles. The van der Waals surface area contributed by atoms with E-state index in [0.29, 0.717) is 30.2 Å². The molecule has 1 aliphatic rings. The van der Waals surface area contributed by atoms with E-state index in [1.165, 1.54) is 4.90 Å². The van der Waals surface area contributed by atoms with Crippen LogP contribution in [0.25, 0.3) is 23.3 Å². The van der Waals surface area contributed by atoms with E-state index in [2.05, 4.69) is 6.07 Å². The molecule has 0 saturated carbocycles. The molecule has 37 heavy (non-hydrogen) atoms. The summed E-state index contributed by atoms with van der Waals surface area (Å²) in [6.07, 6.45) is 3.77. The third-order valence-electron chi connectivity index (χ3n) is 6.65. The normalized spacial score (nSPS) is 16.0. The van der Waals surface area contributed by atoms with E-state index < -0.39 is 18.0 Å². The third kappa shape index (κ3) is 5.83. The second-order valence-electron chi connectivity index (χ2n) is 8.99. The number of amides is 2. The fourth-order valence-electron chi connectivity index (χ4n) is 4.58. The minimum Gasteiger partial charge on any atom is -0.480 e. The Balaban J connectivity index is 1.57. The number of aliphatic carboxylic acids is 1. The first-order valence-electron chi connectivity index (χ1n) is 11.9. The molecule has 7 nitrogen and oxygen atoms in total. The Hall–Kier alpha value is -4.12. The lowest BCUT2D eigenvalue weighted by Crippen LogP contribution is -2.58. The number of rotatable bonds is 6. The van der Waals surface area contributed by atoms with Gasteiger partial charge in [-0.1, -0.05) is 78.4 Å². The van der Waals surface area contributed by atoms with Gasteiger partial charge in [-0.2, -0.15) is 5.26 Å². The van der Waals surface area contributed by atoms with E-state index in [4.69, 9.17) is 17.3 Å². The average Bonchev–Trinajstić information content (AvgIpc) is 2.89.